The maximum absolute atomic E-state index is 11.5. The predicted octanol–water partition coefficient (Wildman–Crippen LogP) is 3.84. The third-order valence-corrected chi connectivity index (χ3v) is 7.13. The van der Waals surface area contributed by atoms with Gasteiger partial charge in [-0.2, -0.15) is 4.80 Å². The Balaban J connectivity index is 1.40. The first-order chi connectivity index (χ1) is 14.8. The van der Waals surface area contributed by atoms with Crippen LogP contribution in [0.25, 0.3) is 11.4 Å². The van der Waals surface area contributed by atoms with Crippen molar-refractivity contribution in [2.45, 2.75) is 39.2 Å². The molecule has 31 heavy (non-hydrogen) atoms. The summed E-state index contributed by atoms with van der Waals surface area (Å²) in [7, 11) is -3.14. The van der Waals surface area contributed by atoms with Crippen molar-refractivity contribution in [1.82, 2.24) is 29.2 Å². The minimum absolute atomic E-state index is 0.146. The van der Waals surface area contributed by atoms with Gasteiger partial charge >= 0.3 is 10.6 Å². The largest absolute Gasteiger partial charge is 0.494 e. The van der Waals surface area contributed by atoms with Crippen molar-refractivity contribution in [2.24, 2.45) is 0 Å². The van der Waals surface area contributed by atoms with Crippen LogP contribution >= 0.6 is 10.4 Å². The molecule has 0 unspecified atom stereocenters. The fourth-order valence-corrected chi connectivity index (χ4v) is 4.75. The summed E-state index contributed by atoms with van der Waals surface area (Å²) in [5, 5.41) is 28.4. The first kappa shape index (κ1) is 22.4. The molecule has 2 heterocycles. The number of rotatable bonds is 9. The van der Waals surface area contributed by atoms with E-state index in [1.165, 1.54) is 16.7 Å². The third-order valence-electron chi connectivity index (χ3n) is 4.63. The molecule has 12 heteroatoms. The number of unbranched alkanes of at least 4 members (excludes halogenated alkanes) is 2. The molecule has 1 aliphatic heterocycles. The minimum atomic E-state index is -3.14. The maximum Gasteiger partial charge on any atom is 0.392 e. The molecule has 11 nitrogen and oxygen atoms in total. The number of tetrazole rings is 1. The van der Waals surface area contributed by atoms with Gasteiger partial charge in [0.1, 0.15) is 16.1 Å². The second-order valence-corrected chi connectivity index (χ2v) is 9.71. The zero-order chi connectivity index (χ0) is 22.4. The molecule has 0 aliphatic carbocycles. The summed E-state index contributed by atoms with van der Waals surface area (Å²) >= 11 is 0. The number of ether oxygens (including phenoxy) is 1. The highest BCUT2D eigenvalue weighted by Gasteiger charge is 2.47. The Morgan fingerprint density at radius 2 is 1.84 bits per heavy atom. The number of carboxylic acid groups (broad SMARTS) is 2. The summed E-state index contributed by atoms with van der Waals surface area (Å²) in [4.78, 5) is 24.5. The highest BCUT2D eigenvalue weighted by Crippen LogP contribution is 2.52. The maximum atomic E-state index is 11.5. The van der Waals surface area contributed by atoms with E-state index in [0.29, 0.717) is 25.4 Å². The van der Waals surface area contributed by atoms with Crippen LogP contribution < -0.4 is 9.46 Å². The molecule has 3 rings (SSSR count). The molecule has 0 radical (unpaired) electrons. The molecule has 1 aliphatic rings. The van der Waals surface area contributed by atoms with Crippen LogP contribution in [-0.2, 0) is 0 Å². The van der Waals surface area contributed by atoms with Crippen LogP contribution in [0, 0.1) is 0 Å². The first-order valence-electron chi connectivity index (χ1n) is 9.87. The number of hydrogen-bond acceptors (Lipinski definition) is 8. The number of carbonyl (C=O) groups is 2. The topological polar surface area (TPSA) is 143 Å². The summed E-state index contributed by atoms with van der Waals surface area (Å²) in [5.74, 6) is 1.29. The Kier molecular flexibility index (Phi) is 7.00. The molecule has 1 aromatic carbocycles. The Bertz CT molecular complexity index is 932. The third kappa shape index (κ3) is 4.90. The lowest BCUT2D eigenvalue weighted by molar-refractivity contribution is 0.213. The minimum Gasteiger partial charge on any atom is -0.494 e. The number of nitrogens with one attached hydrogen (secondary N) is 1. The highest BCUT2D eigenvalue weighted by molar-refractivity contribution is 8.52. The second kappa shape index (κ2) is 9.69. The summed E-state index contributed by atoms with van der Waals surface area (Å²) < 4.78 is 9.63. The zero-order valence-corrected chi connectivity index (χ0v) is 18.2. The molecule has 1 aromatic heterocycles. The Labute approximate surface area is 181 Å². The smallest absolute Gasteiger partial charge is 0.392 e. The monoisotopic (exact) mass is 450 g/mol. The highest BCUT2D eigenvalue weighted by atomic mass is 32.3. The molecule has 0 saturated heterocycles. The molecule has 0 bridgehead atoms. The molecule has 168 valence electrons. The van der Waals surface area contributed by atoms with Crippen LogP contribution in [0.15, 0.2) is 36.7 Å². The van der Waals surface area contributed by atoms with E-state index in [9.17, 15) is 19.8 Å². The van der Waals surface area contributed by atoms with Crippen molar-refractivity contribution >= 4 is 21.0 Å². The van der Waals surface area contributed by atoms with Gasteiger partial charge in [-0.05, 0) is 62.6 Å². The van der Waals surface area contributed by atoms with Crippen molar-refractivity contribution in [3.63, 3.8) is 0 Å². The van der Waals surface area contributed by atoms with Gasteiger partial charge in [0.2, 0.25) is 5.82 Å². The van der Waals surface area contributed by atoms with Gasteiger partial charge in [-0.3, -0.25) is 0 Å². The number of hydrogen-bond donors (Lipinski definition) is 3. The van der Waals surface area contributed by atoms with E-state index in [-0.39, 0.29) is 6.04 Å². The van der Waals surface area contributed by atoms with Crippen LogP contribution in [0.5, 0.6) is 5.75 Å². The lowest BCUT2D eigenvalue weighted by atomic mass is 10.2. The number of benzene rings is 1. The standard InChI is InChI=1S/C19H26N6O5S/c1-14(2)25-22-17(21-23-25)15-6-8-16(9-7-15)30-13-5-3-4-11-24-12-10-20-31(24,18(26)27)19(28)29/h6-10,12,14,20H,3-5,11,13H2,1-2H3,(H,26,27)(H,28,29). The fraction of sp³-hybridized carbons (Fsp3) is 0.421. The van der Waals surface area contributed by atoms with Crippen molar-refractivity contribution < 1.29 is 24.5 Å². The summed E-state index contributed by atoms with van der Waals surface area (Å²) in [6.07, 6.45) is 5.06. The number of nitrogens with zero attached hydrogens (tertiary/aromatic N) is 5. The molecular weight excluding hydrogens is 424 g/mol. The molecule has 3 N–H and O–H groups in total. The van der Waals surface area contributed by atoms with E-state index in [4.69, 9.17) is 4.74 Å². The Hall–Kier alpha value is -3.28. The van der Waals surface area contributed by atoms with Crippen molar-refractivity contribution in [2.75, 3.05) is 13.2 Å². The first-order valence-corrected chi connectivity index (χ1v) is 11.5. The lowest BCUT2D eigenvalue weighted by Crippen LogP contribution is -2.37. The molecule has 0 amide bonds. The average molecular weight is 451 g/mol. The lowest BCUT2D eigenvalue weighted by Gasteiger charge is -2.35. The molecule has 0 saturated carbocycles. The van der Waals surface area contributed by atoms with E-state index in [2.05, 4.69) is 20.1 Å². The van der Waals surface area contributed by atoms with Crippen molar-refractivity contribution in [1.29, 1.82) is 0 Å². The SMILES string of the molecule is CC(C)n1nnc(-c2ccc(OCCCCCN3C=CNS3(C(=O)O)C(=O)O)cc2)n1. The van der Waals surface area contributed by atoms with Crippen LogP contribution in [-0.4, -0.2) is 58.5 Å². The van der Waals surface area contributed by atoms with Crippen LogP contribution in [0.2, 0.25) is 0 Å². The predicted molar refractivity (Wildman–Crippen MR) is 116 cm³/mol. The van der Waals surface area contributed by atoms with Gasteiger partial charge in [0, 0.05) is 24.5 Å². The van der Waals surface area contributed by atoms with E-state index in [1.54, 1.807) is 4.80 Å². The molecule has 0 fully saturated rings. The summed E-state index contributed by atoms with van der Waals surface area (Å²) in [6.45, 7) is 4.81. The van der Waals surface area contributed by atoms with Gasteiger partial charge in [-0.15, -0.1) is 10.2 Å². The summed E-state index contributed by atoms with van der Waals surface area (Å²) in [5.41, 5.74) is 0.856. The molecule has 2 aromatic rings. The van der Waals surface area contributed by atoms with Crippen molar-refractivity contribution in [3.05, 3.63) is 36.7 Å². The van der Waals surface area contributed by atoms with Crippen LogP contribution in [0.3, 0.4) is 0 Å². The van der Waals surface area contributed by atoms with E-state index >= 15 is 0 Å². The van der Waals surface area contributed by atoms with E-state index in [0.717, 1.165) is 24.2 Å². The van der Waals surface area contributed by atoms with E-state index < -0.39 is 21.0 Å². The number of aromatic nitrogens is 4. The van der Waals surface area contributed by atoms with Gasteiger partial charge < -0.3 is 24.0 Å². The fourth-order valence-electron chi connectivity index (χ4n) is 2.95. The molecule has 0 spiro atoms. The van der Waals surface area contributed by atoms with Gasteiger partial charge in [0.05, 0.1) is 12.6 Å². The van der Waals surface area contributed by atoms with Crippen molar-refractivity contribution in [3.8, 4) is 17.1 Å². The quantitative estimate of drug-likeness (QED) is 0.482. The van der Waals surface area contributed by atoms with Crippen LogP contribution in [0.4, 0.5) is 9.59 Å². The van der Waals surface area contributed by atoms with Gasteiger partial charge in [0.25, 0.3) is 0 Å². The molecular formula is C19H26N6O5S. The van der Waals surface area contributed by atoms with Gasteiger partial charge in [-0.1, -0.05) is 0 Å². The summed E-state index contributed by atoms with van der Waals surface area (Å²) in [6, 6.07) is 7.61. The Morgan fingerprint density at radius 1 is 1.13 bits per heavy atom. The van der Waals surface area contributed by atoms with Gasteiger partial charge in [0.15, 0.2) is 0 Å². The Morgan fingerprint density at radius 3 is 2.45 bits per heavy atom. The average Bonchev–Trinajstić information content (AvgIpc) is 3.39. The van der Waals surface area contributed by atoms with Gasteiger partial charge in [-0.25, -0.2) is 9.59 Å². The molecule has 0 atom stereocenters. The zero-order valence-electron chi connectivity index (χ0n) is 17.3. The van der Waals surface area contributed by atoms with Crippen LogP contribution in [0.1, 0.15) is 39.2 Å². The normalized spacial score (nSPS) is 15.6. The van der Waals surface area contributed by atoms with E-state index in [1.807, 2.05) is 38.1 Å². The second-order valence-electron chi connectivity index (χ2n) is 7.15.